The van der Waals surface area contributed by atoms with Crippen molar-refractivity contribution in [1.29, 1.82) is 0 Å². The van der Waals surface area contributed by atoms with Gasteiger partial charge in [-0.3, -0.25) is 4.79 Å². The van der Waals surface area contributed by atoms with Crippen molar-refractivity contribution in [3.8, 4) is 5.75 Å². The molecule has 0 aliphatic rings. The van der Waals surface area contributed by atoms with Gasteiger partial charge < -0.3 is 14.4 Å². The van der Waals surface area contributed by atoms with Gasteiger partial charge in [-0.1, -0.05) is 20.8 Å². The molecule has 0 spiro atoms. The Hall–Kier alpha value is -2.04. The summed E-state index contributed by atoms with van der Waals surface area (Å²) in [6.07, 6.45) is 0.388. The highest BCUT2D eigenvalue weighted by atomic mass is 16.5. The van der Waals surface area contributed by atoms with Crippen molar-refractivity contribution in [2.24, 2.45) is 0 Å². The number of esters is 1. The Kier molecular flexibility index (Phi) is 7.07. The molecule has 0 fully saturated rings. The SMILES string of the molecule is CCOc1c(C(C)C)cc(C(=O)OC)cc1N(CC)C(=O)CC. The quantitative estimate of drug-likeness (QED) is 0.718. The van der Waals surface area contributed by atoms with Gasteiger partial charge in [-0.2, -0.15) is 0 Å². The molecule has 5 heteroatoms. The second-order valence-corrected chi connectivity index (χ2v) is 5.48. The second kappa shape index (κ2) is 8.56. The van der Waals surface area contributed by atoms with Gasteiger partial charge in [0.2, 0.25) is 5.91 Å². The van der Waals surface area contributed by atoms with Crippen molar-refractivity contribution < 1.29 is 19.1 Å². The molecule has 0 saturated carbocycles. The lowest BCUT2D eigenvalue weighted by molar-refractivity contribution is -0.118. The number of hydrogen-bond acceptors (Lipinski definition) is 4. The molecule has 0 N–H and O–H groups in total. The molecule has 0 aliphatic heterocycles. The minimum Gasteiger partial charge on any atom is -0.491 e. The van der Waals surface area contributed by atoms with E-state index in [1.54, 1.807) is 17.0 Å². The van der Waals surface area contributed by atoms with Gasteiger partial charge in [0.25, 0.3) is 0 Å². The average molecular weight is 321 g/mol. The number of carbonyl (C=O) groups excluding carboxylic acids is 2. The lowest BCUT2D eigenvalue weighted by Gasteiger charge is -2.26. The summed E-state index contributed by atoms with van der Waals surface area (Å²) in [7, 11) is 1.35. The fraction of sp³-hybridized carbons (Fsp3) is 0.556. The normalized spacial score (nSPS) is 10.6. The summed E-state index contributed by atoms with van der Waals surface area (Å²) in [6.45, 7) is 10.7. The molecule has 5 nitrogen and oxygen atoms in total. The first kappa shape index (κ1) is 19.0. The van der Waals surface area contributed by atoms with E-state index in [9.17, 15) is 9.59 Å². The first-order chi connectivity index (χ1) is 10.9. The Morgan fingerprint density at radius 1 is 1.17 bits per heavy atom. The molecule has 1 aromatic rings. The number of hydrogen-bond donors (Lipinski definition) is 0. The van der Waals surface area contributed by atoms with E-state index in [0.29, 0.717) is 36.6 Å². The maximum Gasteiger partial charge on any atom is 0.337 e. The van der Waals surface area contributed by atoms with Crippen LogP contribution in [-0.2, 0) is 9.53 Å². The molecule has 0 aliphatic carbocycles. The molecule has 0 radical (unpaired) electrons. The maximum absolute atomic E-state index is 12.3. The molecular formula is C18H27NO4. The Labute approximate surface area is 138 Å². The van der Waals surface area contributed by atoms with Gasteiger partial charge in [-0.05, 0) is 37.5 Å². The van der Waals surface area contributed by atoms with Crippen molar-refractivity contribution in [3.63, 3.8) is 0 Å². The summed E-state index contributed by atoms with van der Waals surface area (Å²) in [4.78, 5) is 25.9. The van der Waals surface area contributed by atoms with Gasteiger partial charge >= 0.3 is 5.97 Å². The summed E-state index contributed by atoms with van der Waals surface area (Å²) < 4.78 is 10.7. The Morgan fingerprint density at radius 3 is 2.26 bits per heavy atom. The van der Waals surface area contributed by atoms with Gasteiger partial charge in [0.15, 0.2) is 0 Å². The third kappa shape index (κ3) is 4.24. The summed E-state index contributed by atoms with van der Waals surface area (Å²) in [5.41, 5.74) is 1.96. The van der Waals surface area contributed by atoms with Crippen LogP contribution >= 0.6 is 0 Å². The molecule has 23 heavy (non-hydrogen) atoms. The van der Waals surface area contributed by atoms with E-state index in [-0.39, 0.29) is 11.8 Å². The van der Waals surface area contributed by atoms with Crippen LogP contribution in [0.1, 0.15) is 62.9 Å². The Bertz CT molecular complexity index is 566. The average Bonchev–Trinajstić information content (AvgIpc) is 2.55. The van der Waals surface area contributed by atoms with Crippen molar-refractivity contribution in [1.82, 2.24) is 0 Å². The number of benzene rings is 1. The third-order valence-corrected chi connectivity index (χ3v) is 3.64. The first-order valence-corrected chi connectivity index (χ1v) is 8.10. The van der Waals surface area contributed by atoms with Gasteiger partial charge in [0, 0.05) is 13.0 Å². The van der Waals surface area contributed by atoms with Gasteiger partial charge in [-0.25, -0.2) is 4.79 Å². The molecule has 1 amide bonds. The van der Waals surface area contributed by atoms with Crippen molar-refractivity contribution in [3.05, 3.63) is 23.3 Å². The van der Waals surface area contributed by atoms with Crippen LogP contribution in [0.3, 0.4) is 0 Å². The number of amides is 1. The zero-order valence-corrected chi connectivity index (χ0v) is 14.9. The Balaban J connectivity index is 3.63. The minimum atomic E-state index is -0.420. The molecule has 0 unspecified atom stereocenters. The van der Waals surface area contributed by atoms with E-state index in [2.05, 4.69) is 0 Å². The second-order valence-electron chi connectivity index (χ2n) is 5.48. The molecule has 1 rings (SSSR count). The van der Waals surface area contributed by atoms with Crippen LogP contribution in [0.2, 0.25) is 0 Å². The van der Waals surface area contributed by atoms with Crippen LogP contribution in [0.15, 0.2) is 12.1 Å². The zero-order valence-electron chi connectivity index (χ0n) is 14.9. The molecule has 0 heterocycles. The lowest BCUT2D eigenvalue weighted by Crippen LogP contribution is -2.30. The molecule has 0 atom stereocenters. The number of anilines is 1. The van der Waals surface area contributed by atoms with Crippen molar-refractivity contribution in [2.45, 2.75) is 47.0 Å². The number of nitrogens with zero attached hydrogens (tertiary/aromatic N) is 1. The highest BCUT2D eigenvalue weighted by Gasteiger charge is 2.23. The summed E-state index contributed by atoms with van der Waals surface area (Å²) in [5, 5.41) is 0. The third-order valence-electron chi connectivity index (χ3n) is 3.64. The first-order valence-electron chi connectivity index (χ1n) is 8.10. The monoisotopic (exact) mass is 321 g/mol. The van der Waals surface area contributed by atoms with Crippen molar-refractivity contribution >= 4 is 17.6 Å². The van der Waals surface area contributed by atoms with Crippen LogP contribution in [0.5, 0.6) is 5.75 Å². The Morgan fingerprint density at radius 2 is 1.83 bits per heavy atom. The predicted octanol–water partition coefficient (Wildman–Crippen LogP) is 3.76. The number of ether oxygens (including phenoxy) is 2. The highest BCUT2D eigenvalue weighted by molar-refractivity contribution is 5.98. The largest absolute Gasteiger partial charge is 0.491 e. The fourth-order valence-electron chi connectivity index (χ4n) is 2.47. The van der Waals surface area contributed by atoms with Crippen LogP contribution in [-0.4, -0.2) is 32.1 Å². The zero-order chi connectivity index (χ0) is 17.6. The van der Waals surface area contributed by atoms with E-state index in [4.69, 9.17) is 9.47 Å². The van der Waals surface area contributed by atoms with E-state index in [1.807, 2.05) is 34.6 Å². The summed E-state index contributed by atoms with van der Waals surface area (Å²) in [5.74, 6) is 0.385. The van der Waals surface area contributed by atoms with E-state index >= 15 is 0 Å². The van der Waals surface area contributed by atoms with Crippen LogP contribution in [0, 0.1) is 0 Å². The molecular weight excluding hydrogens is 294 g/mol. The van der Waals surface area contributed by atoms with Crippen molar-refractivity contribution in [2.75, 3.05) is 25.2 Å². The number of carbonyl (C=O) groups is 2. The molecule has 0 bridgehead atoms. The molecule has 0 aromatic heterocycles. The van der Waals surface area contributed by atoms with E-state index < -0.39 is 5.97 Å². The summed E-state index contributed by atoms with van der Waals surface area (Å²) >= 11 is 0. The molecule has 1 aromatic carbocycles. The van der Waals surface area contributed by atoms with Crippen LogP contribution in [0.25, 0.3) is 0 Å². The highest BCUT2D eigenvalue weighted by Crippen LogP contribution is 2.38. The molecule has 0 saturated heterocycles. The van der Waals surface area contributed by atoms with E-state index in [1.165, 1.54) is 7.11 Å². The number of methoxy groups -OCH3 is 1. The maximum atomic E-state index is 12.3. The standard InChI is InChI=1S/C18H27NO4/c1-7-16(20)19(8-2)15-11-13(18(21)22-6)10-14(12(4)5)17(15)23-9-3/h10-12H,7-9H2,1-6H3. The topological polar surface area (TPSA) is 55.8 Å². The summed E-state index contributed by atoms with van der Waals surface area (Å²) in [6, 6.07) is 3.47. The van der Waals surface area contributed by atoms with Gasteiger partial charge in [0.1, 0.15) is 5.75 Å². The molecule has 128 valence electrons. The lowest BCUT2D eigenvalue weighted by atomic mass is 9.97. The van der Waals surface area contributed by atoms with Gasteiger partial charge in [0.05, 0.1) is 25.0 Å². The van der Waals surface area contributed by atoms with Crippen LogP contribution in [0.4, 0.5) is 5.69 Å². The minimum absolute atomic E-state index is 0.00910. The van der Waals surface area contributed by atoms with Gasteiger partial charge in [-0.15, -0.1) is 0 Å². The van der Waals surface area contributed by atoms with Crippen LogP contribution < -0.4 is 9.64 Å². The smallest absolute Gasteiger partial charge is 0.337 e. The fourth-order valence-corrected chi connectivity index (χ4v) is 2.47. The number of rotatable bonds is 7. The van der Waals surface area contributed by atoms with E-state index in [0.717, 1.165) is 5.56 Å². The predicted molar refractivity (Wildman–Crippen MR) is 91.4 cm³/mol.